The van der Waals surface area contributed by atoms with Gasteiger partial charge in [-0.3, -0.25) is 9.52 Å². The smallest absolute Gasteiger partial charge is 0.265 e. The number of benzene rings is 2. The summed E-state index contributed by atoms with van der Waals surface area (Å²) >= 11 is 1.16. The Labute approximate surface area is 183 Å². The Morgan fingerprint density at radius 3 is 2.74 bits per heavy atom. The lowest BCUT2D eigenvalue weighted by atomic mass is 10.1. The molecule has 2 aromatic carbocycles. The lowest BCUT2D eigenvalue weighted by Gasteiger charge is -2.29. The van der Waals surface area contributed by atoms with Gasteiger partial charge in [0, 0.05) is 17.5 Å². The summed E-state index contributed by atoms with van der Waals surface area (Å²) in [6.07, 6.45) is 0.812. The summed E-state index contributed by atoms with van der Waals surface area (Å²) in [5, 5.41) is 1.97. The molecule has 7 nitrogen and oxygen atoms in total. The number of sulfonamides is 1. The molecule has 1 N–H and O–H groups in total. The van der Waals surface area contributed by atoms with E-state index < -0.39 is 15.8 Å². The molecule has 1 aliphatic heterocycles. The first kappa shape index (κ1) is 21.3. The van der Waals surface area contributed by atoms with Gasteiger partial charge in [0.1, 0.15) is 11.6 Å². The number of fused-ring (bicyclic) bond motifs is 1. The number of nitrogens with zero attached hydrogens (tertiary/aromatic N) is 2. The van der Waals surface area contributed by atoms with Gasteiger partial charge in [-0.1, -0.05) is 19.1 Å². The topological polar surface area (TPSA) is 88.6 Å². The molecule has 10 heteroatoms. The normalized spacial score (nSPS) is 13.6. The molecule has 0 unspecified atom stereocenters. The average Bonchev–Trinajstić information content (AvgIpc) is 3.19. The molecule has 31 heavy (non-hydrogen) atoms. The van der Waals surface area contributed by atoms with Gasteiger partial charge in [-0.2, -0.15) is 0 Å². The van der Waals surface area contributed by atoms with Gasteiger partial charge in [-0.25, -0.2) is 17.8 Å². The Hall–Kier alpha value is -2.98. The molecule has 1 aromatic heterocycles. The van der Waals surface area contributed by atoms with Crippen molar-refractivity contribution in [2.24, 2.45) is 0 Å². The zero-order valence-electron chi connectivity index (χ0n) is 16.7. The minimum absolute atomic E-state index is 0.0169. The Balaban J connectivity index is 1.53. The SMILES string of the molecule is CCCN1C(=O)COc2ccc(-c3csc(NS(=O)(=O)Cc4ccc(F)cc4)n3)cc21. The van der Waals surface area contributed by atoms with Crippen LogP contribution in [0.5, 0.6) is 5.75 Å². The van der Waals surface area contributed by atoms with Crippen LogP contribution in [-0.4, -0.2) is 32.5 Å². The van der Waals surface area contributed by atoms with Gasteiger partial charge in [0.2, 0.25) is 10.0 Å². The van der Waals surface area contributed by atoms with Crippen LogP contribution in [0.3, 0.4) is 0 Å². The third kappa shape index (κ3) is 4.86. The average molecular weight is 462 g/mol. The summed E-state index contributed by atoms with van der Waals surface area (Å²) in [5.41, 5.74) is 2.49. The van der Waals surface area contributed by atoms with E-state index in [1.165, 1.54) is 24.3 Å². The molecule has 0 bridgehead atoms. The van der Waals surface area contributed by atoms with Gasteiger partial charge in [0.25, 0.3) is 5.91 Å². The maximum Gasteiger partial charge on any atom is 0.265 e. The van der Waals surface area contributed by atoms with Crippen LogP contribution in [0.4, 0.5) is 15.2 Å². The second-order valence-electron chi connectivity index (χ2n) is 7.04. The van der Waals surface area contributed by atoms with Crippen LogP contribution < -0.4 is 14.4 Å². The zero-order chi connectivity index (χ0) is 22.0. The maximum atomic E-state index is 13.0. The monoisotopic (exact) mass is 461 g/mol. The van der Waals surface area contributed by atoms with E-state index in [4.69, 9.17) is 4.74 Å². The molecule has 1 aliphatic rings. The van der Waals surface area contributed by atoms with Gasteiger partial charge in [0.05, 0.1) is 17.1 Å². The quantitative estimate of drug-likeness (QED) is 0.574. The number of aromatic nitrogens is 1. The number of ether oxygens (including phenoxy) is 1. The number of amides is 1. The zero-order valence-corrected chi connectivity index (χ0v) is 18.3. The summed E-state index contributed by atoms with van der Waals surface area (Å²) in [4.78, 5) is 18.3. The number of rotatable bonds is 7. The number of halogens is 1. The van der Waals surface area contributed by atoms with Gasteiger partial charge in [-0.15, -0.1) is 11.3 Å². The molecule has 0 saturated heterocycles. The van der Waals surface area contributed by atoms with E-state index in [9.17, 15) is 17.6 Å². The Morgan fingerprint density at radius 2 is 2.00 bits per heavy atom. The third-order valence-corrected chi connectivity index (χ3v) is 6.77. The van der Waals surface area contributed by atoms with Gasteiger partial charge < -0.3 is 9.64 Å². The molecule has 1 amide bonds. The van der Waals surface area contributed by atoms with E-state index in [1.54, 1.807) is 16.3 Å². The van der Waals surface area contributed by atoms with E-state index >= 15 is 0 Å². The third-order valence-electron chi connectivity index (χ3n) is 4.66. The van der Waals surface area contributed by atoms with Crippen molar-refractivity contribution in [2.45, 2.75) is 19.1 Å². The predicted molar refractivity (Wildman–Crippen MR) is 118 cm³/mol. The minimum atomic E-state index is -3.70. The van der Waals surface area contributed by atoms with Crippen LogP contribution >= 0.6 is 11.3 Å². The lowest BCUT2D eigenvalue weighted by Crippen LogP contribution is -2.39. The van der Waals surface area contributed by atoms with E-state index in [1.807, 2.05) is 19.1 Å². The Kier molecular flexibility index (Phi) is 5.92. The van der Waals surface area contributed by atoms with Crippen LogP contribution in [0, 0.1) is 5.82 Å². The summed E-state index contributed by atoms with van der Waals surface area (Å²) in [5.74, 6) is -0.175. The minimum Gasteiger partial charge on any atom is -0.482 e. The van der Waals surface area contributed by atoms with Crippen LogP contribution in [-0.2, 0) is 20.6 Å². The number of thiazole rings is 1. The highest BCUT2D eigenvalue weighted by Gasteiger charge is 2.25. The van der Waals surface area contributed by atoms with Crippen molar-refractivity contribution in [1.29, 1.82) is 0 Å². The first-order valence-corrected chi connectivity index (χ1v) is 12.2. The highest BCUT2D eigenvalue weighted by molar-refractivity contribution is 7.92. The fraction of sp³-hybridized carbons (Fsp3) is 0.238. The van der Waals surface area contributed by atoms with Gasteiger partial charge >= 0.3 is 0 Å². The summed E-state index contributed by atoms with van der Waals surface area (Å²) in [6.45, 7) is 2.60. The fourth-order valence-electron chi connectivity index (χ4n) is 3.25. The molecule has 0 saturated carbocycles. The van der Waals surface area contributed by atoms with Gasteiger partial charge in [0.15, 0.2) is 11.7 Å². The number of nitrogens with one attached hydrogen (secondary N) is 1. The van der Waals surface area contributed by atoms with Crippen LogP contribution in [0.25, 0.3) is 11.3 Å². The second kappa shape index (κ2) is 8.64. The molecular weight excluding hydrogens is 441 g/mol. The Bertz CT molecular complexity index is 1210. The Morgan fingerprint density at radius 1 is 1.23 bits per heavy atom. The van der Waals surface area contributed by atoms with Crippen molar-refractivity contribution < 1.29 is 22.3 Å². The standard InChI is InChI=1S/C21H20FN3O4S2/c1-2-9-25-18-10-15(5-8-19(18)29-11-20(25)26)17-12-30-21(23-17)24-31(27,28)13-14-3-6-16(22)7-4-14/h3-8,10,12H,2,9,11,13H2,1H3,(H,23,24). The largest absolute Gasteiger partial charge is 0.482 e. The number of hydrogen-bond acceptors (Lipinski definition) is 6. The summed E-state index contributed by atoms with van der Waals surface area (Å²) in [7, 11) is -3.70. The molecule has 0 atom stereocenters. The summed E-state index contributed by atoms with van der Waals surface area (Å²) in [6, 6.07) is 10.7. The van der Waals surface area contributed by atoms with Crippen molar-refractivity contribution in [3.05, 3.63) is 59.2 Å². The van der Waals surface area contributed by atoms with Crippen molar-refractivity contribution in [1.82, 2.24) is 4.98 Å². The predicted octanol–water partition coefficient (Wildman–Crippen LogP) is 4.03. The highest BCUT2D eigenvalue weighted by atomic mass is 32.2. The molecule has 162 valence electrons. The van der Waals surface area contributed by atoms with Crippen molar-refractivity contribution >= 4 is 38.1 Å². The first-order chi connectivity index (χ1) is 14.8. The lowest BCUT2D eigenvalue weighted by molar-refractivity contribution is -0.121. The molecule has 2 heterocycles. The van der Waals surface area contributed by atoms with Crippen LogP contribution in [0.15, 0.2) is 47.8 Å². The molecular formula is C21H20FN3O4S2. The molecule has 0 aliphatic carbocycles. The van der Waals surface area contributed by atoms with Crippen molar-refractivity contribution in [2.75, 3.05) is 22.8 Å². The van der Waals surface area contributed by atoms with E-state index in [0.29, 0.717) is 29.2 Å². The molecule has 0 radical (unpaired) electrons. The number of carbonyl (C=O) groups excluding carboxylic acids is 1. The van der Waals surface area contributed by atoms with E-state index in [-0.39, 0.29) is 23.4 Å². The first-order valence-electron chi connectivity index (χ1n) is 9.62. The van der Waals surface area contributed by atoms with Crippen molar-refractivity contribution in [3.8, 4) is 17.0 Å². The molecule has 0 fully saturated rings. The summed E-state index contributed by atoms with van der Waals surface area (Å²) < 4.78 is 45.9. The molecule has 3 aromatic rings. The maximum absolute atomic E-state index is 13.0. The number of hydrogen-bond donors (Lipinski definition) is 1. The second-order valence-corrected chi connectivity index (χ2v) is 9.62. The number of anilines is 2. The van der Waals surface area contributed by atoms with E-state index in [2.05, 4.69) is 9.71 Å². The number of carbonyl (C=O) groups is 1. The van der Waals surface area contributed by atoms with Crippen LogP contribution in [0.1, 0.15) is 18.9 Å². The van der Waals surface area contributed by atoms with Crippen LogP contribution in [0.2, 0.25) is 0 Å². The van der Waals surface area contributed by atoms with Crippen molar-refractivity contribution in [3.63, 3.8) is 0 Å². The molecule has 0 spiro atoms. The molecule has 4 rings (SSSR count). The fourth-order valence-corrected chi connectivity index (χ4v) is 5.40. The van der Waals surface area contributed by atoms with Gasteiger partial charge in [-0.05, 0) is 42.3 Å². The van der Waals surface area contributed by atoms with E-state index in [0.717, 1.165) is 23.3 Å². The highest BCUT2D eigenvalue weighted by Crippen LogP contribution is 2.37.